The molecule has 0 radical (unpaired) electrons. The molecule has 2 heterocycles. The highest BCUT2D eigenvalue weighted by molar-refractivity contribution is 7.84. The molecular weight excluding hydrogens is 386 g/mol. The quantitative estimate of drug-likeness (QED) is 0.782. The van der Waals surface area contributed by atoms with E-state index in [1.54, 1.807) is 4.90 Å². The third kappa shape index (κ3) is 4.82. The molecule has 1 aliphatic carbocycles. The van der Waals surface area contributed by atoms with Gasteiger partial charge in [0.25, 0.3) is 0 Å². The van der Waals surface area contributed by atoms with Gasteiger partial charge in [0, 0.05) is 25.0 Å². The molecular formula is C22H35N3O3S. The molecule has 1 saturated heterocycles. The first kappa shape index (κ1) is 22.2. The predicted octanol–water partition coefficient (Wildman–Crippen LogP) is 4.06. The zero-order valence-electron chi connectivity index (χ0n) is 18.8. The summed E-state index contributed by atoms with van der Waals surface area (Å²) < 4.78 is 21.6. The summed E-state index contributed by atoms with van der Waals surface area (Å²) in [6, 6.07) is 2.15. The minimum Gasteiger partial charge on any atom is -0.444 e. The standard InChI is InChI=1S/C22H35N3O3S/c1-15-12-16-17(23-14-15)13-22(18(16)24-29(27)21(5,6)7)8-10-25(11-9-22)19(26)28-20(2,3)4/h12,14,18,24H,8-11,13H2,1-7H3/t18-,29?/m0/s1. The van der Waals surface area contributed by atoms with Crippen molar-refractivity contribution in [1.82, 2.24) is 14.6 Å². The van der Waals surface area contributed by atoms with Crippen LogP contribution in [0, 0.1) is 12.3 Å². The summed E-state index contributed by atoms with van der Waals surface area (Å²) in [6.07, 6.45) is 4.18. The van der Waals surface area contributed by atoms with Crippen molar-refractivity contribution < 1.29 is 13.7 Å². The van der Waals surface area contributed by atoms with Gasteiger partial charge in [-0.25, -0.2) is 13.7 Å². The zero-order chi connectivity index (χ0) is 21.6. The van der Waals surface area contributed by atoms with Crippen molar-refractivity contribution in [3.05, 3.63) is 29.1 Å². The van der Waals surface area contributed by atoms with Crippen LogP contribution in [0.15, 0.2) is 12.3 Å². The van der Waals surface area contributed by atoms with Gasteiger partial charge < -0.3 is 9.64 Å². The molecule has 0 bridgehead atoms. The first-order chi connectivity index (χ1) is 13.3. The molecule has 1 aromatic rings. The lowest BCUT2D eigenvalue weighted by atomic mass is 9.73. The lowest BCUT2D eigenvalue weighted by molar-refractivity contribution is 0.00719. The largest absolute Gasteiger partial charge is 0.444 e. The van der Waals surface area contributed by atoms with E-state index in [1.807, 2.05) is 54.7 Å². The van der Waals surface area contributed by atoms with Crippen molar-refractivity contribution in [3.8, 4) is 0 Å². The van der Waals surface area contributed by atoms with Crippen molar-refractivity contribution >= 4 is 17.1 Å². The Kier molecular flexibility index (Phi) is 5.86. The first-order valence-corrected chi connectivity index (χ1v) is 11.6. The fourth-order valence-corrected chi connectivity index (χ4v) is 5.13. The van der Waals surface area contributed by atoms with Crippen molar-refractivity contribution in [2.24, 2.45) is 5.41 Å². The topological polar surface area (TPSA) is 71.5 Å². The number of carbonyl (C=O) groups excluding carboxylic acids is 1. The highest BCUT2D eigenvalue weighted by Gasteiger charge is 2.50. The van der Waals surface area contributed by atoms with Gasteiger partial charge in [-0.3, -0.25) is 4.98 Å². The molecule has 1 unspecified atom stereocenters. The van der Waals surface area contributed by atoms with Crippen LogP contribution in [0.3, 0.4) is 0 Å². The molecule has 2 atom stereocenters. The monoisotopic (exact) mass is 421 g/mol. The summed E-state index contributed by atoms with van der Waals surface area (Å²) in [5.41, 5.74) is 2.78. The molecule has 0 aromatic carbocycles. The molecule has 1 amide bonds. The minimum atomic E-state index is -1.18. The third-order valence-corrected chi connectivity index (χ3v) is 7.34. The van der Waals surface area contributed by atoms with Crippen LogP contribution in [0.5, 0.6) is 0 Å². The normalized spacial score (nSPS) is 22.4. The highest BCUT2D eigenvalue weighted by atomic mass is 32.2. The Bertz CT molecular complexity index is 803. The average molecular weight is 422 g/mol. The Hall–Kier alpha value is -1.47. The summed E-state index contributed by atoms with van der Waals surface area (Å²) >= 11 is 0. The lowest BCUT2D eigenvalue weighted by Crippen LogP contribution is -2.49. The van der Waals surface area contributed by atoms with Gasteiger partial charge in [0.1, 0.15) is 5.60 Å². The first-order valence-electron chi connectivity index (χ1n) is 10.4. The molecule has 1 aliphatic heterocycles. The maximum Gasteiger partial charge on any atom is 0.410 e. The third-order valence-electron chi connectivity index (χ3n) is 5.78. The van der Waals surface area contributed by atoms with E-state index in [9.17, 15) is 9.00 Å². The van der Waals surface area contributed by atoms with Crippen LogP contribution >= 0.6 is 0 Å². The molecule has 162 valence electrons. The van der Waals surface area contributed by atoms with Crippen LogP contribution in [0.4, 0.5) is 4.79 Å². The second-order valence-corrected chi connectivity index (χ2v) is 12.5. The summed E-state index contributed by atoms with van der Waals surface area (Å²) in [7, 11) is -1.18. The minimum absolute atomic E-state index is 0.0225. The van der Waals surface area contributed by atoms with E-state index in [2.05, 4.69) is 15.8 Å². The number of nitrogens with zero attached hydrogens (tertiary/aromatic N) is 2. The summed E-state index contributed by atoms with van der Waals surface area (Å²) in [5.74, 6) is 0. The Labute approximate surface area is 177 Å². The maximum atomic E-state index is 13.0. The Morgan fingerprint density at radius 2 is 1.86 bits per heavy atom. The molecule has 2 aliphatic rings. The summed E-state index contributed by atoms with van der Waals surface area (Å²) in [4.78, 5) is 19.0. The van der Waals surface area contributed by atoms with Crippen molar-refractivity contribution in [2.45, 2.75) is 84.1 Å². The van der Waals surface area contributed by atoms with Gasteiger partial charge in [0.2, 0.25) is 0 Å². The van der Waals surface area contributed by atoms with Crippen LogP contribution in [0.2, 0.25) is 0 Å². The van der Waals surface area contributed by atoms with Crippen molar-refractivity contribution in [2.75, 3.05) is 13.1 Å². The van der Waals surface area contributed by atoms with E-state index in [0.717, 1.165) is 36.1 Å². The number of nitrogens with one attached hydrogen (secondary N) is 1. The maximum absolute atomic E-state index is 13.0. The number of rotatable bonds is 2. The second kappa shape index (κ2) is 7.65. The number of hydrogen-bond acceptors (Lipinski definition) is 4. The van der Waals surface area contributed by atoms with E-state index >= 15 is 0 Å². The van der Waals surface area contributed by atoms with Crippen LogP contribution in [-0.2, 0) is 22.1 Å². The molecule has 0 saturated carbocycles. The number of hydrogen-bond donors (Lipinski definition) is 1. The van der Waals surface area contributed by atoms with E-state index in [1.165, 1.54) is 0 Å². The van der Waals surface area contributed by atoms with Crippen LogP contribution < -0.4 is 4.72 Å². The van der Waals surface area contributed by atoms with Gasteiger partial charge in [-0.15, -0.1) is 0 Å². The van der Waals surface area contributed by atoms with E-state index in [0.29, 0.717) is 13.1 Å². The Morgan fingerprint density at radius 1 is 1.24 bits per heavy atom. The SMILES string of the molecule is Cc1cnc2c(c1)[C@H](NS(=O)C(C)(C)C)C1(CCN(C(=O)OC(C)(C)C)CC1)C2. The fraction of sp³-hybridized carbons (Fsp3) is 0.727. The number of fused-ring (bicyclic) bond motifs is 1. The fourth-order valence-electron chi connectivity index (χ4n) is 4.18. The number of pyridine rings is 1. The number of ether oxygens (including phenoxy) is 1. The van der Waals surface area contributed by atoms with Gasteiger partial charge in [-0.1, -0.05) is 6.07 Å². The number of piperidine rings is 1. The number of aromatic nitrogens is 1. The summed E-state index contributed by atoms with van der Waals surface area (Å²) in [6.45, 7) is 14.9. The molecule has 1 spiro atoms. The number of likely N-dealkylation sites (tertiary alicyclic amines) is 1. The van der Waals surface area contributed by atoms with Gasteiger partial charge in [-0.2, -0.15) is 0 Å². The predicted molar refractivity (Wildman–Crippen MR) is 116 cm³/mol. The second-order valence-electron chi connectivity index (χ2n) is 10.5. The van der Waals surface area contributed by atoms with Gasteiger partial charge >= 0.3 is 6.09 Å². The van der Waals surface area contributed by atoms with Gasteiger partial charge in [0.15, 0.2) is 0 Å². The number of aryl methyl sites for hydroxylation is 1. The van der Waals surface area contributed by atoms with Crippen molar-refractivity contribution in [1.29, 1.82) is 0 Å². The van der Waals surface area contributed by atoms with Crippen LogP contribution in [0.1, 0.15) is 77.2 Å². The highest BCUT2D eigenvalue weighted by Crippen LogP contribution is 2.52. The average Bonchev–Trinajstić information content (AvgIpc) is 2.86. The number of amides is 1. The van der Waals surface area contributed by atoms with E-state index in [-0.39, 0.29) is 22.3 Å². The van der Waals surface area contributed by atoms with Gasteiger partial charge in [-0.05, 0) is 84.3 Å². The van der Waals surface area contributed by atoms with E-state index < -0.39 is 16.6 Å². The van der Waals surface area contributed by atoms with E-state index in [4.69, 9.17) is 4.74 Å². The molecule has 3 rings (SSSR count). The van der Waals surface area contributed by atoms with Crippen LogP contribution in [0.25, 0.3) is 0 Å². The molecule has 1 fully saturated rings. The smallest absolute Gasteiger partial charge is 0.410 e. The number of carbonyl (C=O) groups is 1. The van der Waals surface area contributed by atoms with Crippen LogP contribution in [-0.4, -0.2) is 43.6 Å². The zero-order valence-corrected chi connectivity index (χ0v) is 19.6. The van der Waals surface area contributed by atoms with Crippen molar-refractivity contribution in [3.63, 3.8) is 0 Å². The molecule has 1 N–H and O–H groups in total. The Morgan fingerprint density at radius 3 is 2.41 bits per heavy atom. The Balaban J connectivity index is 1.82. The molecule has 6 nitrogen and oxygen atoms in total. The molecule has 1 aromatic heterocycles. The summed E-state index contributed by atoms with van der Waals surface area (Å²) in [5, 5.41) is 0. The molecule has 29 heavy (non-hydrogen) atoms. The molecule has 7 heteroatoms. The van der Waals surface area contributed by atoms with Gasteiger partial charge in [0.05, 0.1) is 21.8 Å². The lowest BCUT2D eigenvalue weighted by Gasteiger charge is -2.43.